The molecule has 0 saturated heterocycles. The van der Waals surface area contributed by atoms with Gasteiger partial charge in [-0.05, 0) is 18.6 Å². The van der Waals surface area contributed by atoms with Gasteiger partial charge in [0, 0.05) is 20.1 Å². The fourth-order valence-electron chi connectivity index (χ4n) is 1.76. The summed E-state index contributed by atoms with van der Waals surface area (Å²) in [6, 6.07) is 2.60. The molecule has 0 aliphatic carbocycles. The number of rotatable bonds is 7. The summed E-state index contributed by atoms with van der Waals surface area (Å²) in [5.74, 6) is -0.733. The molecule has 104 valence electrons. The maximum absolute atomic E-state index is 12.8. The summed E-state index contributed by atoms with van der Waals surface area (Å²) in [7, 11) is 1.54. The Kier molecular flexibility index (Phi) is 6.15. The van der Waals surface area contributed by atoms with Crippen LogP contribution in [0.4, 0.5) is 4.39 Å². The monoisotopic (exact) mass is 266 g/mol. The first kappa shape index (κ1) is 15.3. The van der Waals surface area contributed by atoms with E-state index >= 15 is 0 Å². The molecular formula is C14H19FN2O2. The van der Waals surface area contributed by atoms with Gasteiger partial charge in [-0.2, -0.15) is 0 Å². The van der Waals surface area contributed by atoms with Crippen molar-refractivity contribution in [3.05, 3.63) is 42.5 Å². The van der Waals surface area contributed by atoms with E-state index in [2.05, 4.69) is 11.6 Å². The number of pyridine rings is 1. The lowest BCUT2D eigenvalue weighted by Gasteiger charge is -2.29. The van der Waals surface area contributed by atoms with Gasteiger partial charge >= 0.3 is 0 Å². The number of halogens is 1. The normalized spacial score (nSPS) is 11.9. The average molecular weight is 266 g/mol. The van der Waals surface area contributed by atoms with Gasteiger partial charge in [-0.25, -0.2) is 9.37 Å². The van der Waals surface area contributed by atoms with Gasteiger partial charge in [0.15, 0.2) is 0 Å². The van der Waals surface area contributed by atoms with E-state index in [0.717, 1.165) is 12.6 Å². The van der Waals surface area contributed by atoms with Crippen LogP contribution in [0.5, 0.6) is 0 Å². The maximum atomic E-state index is 12.8. The van der Waals surface area contributed by atoms with Crippen LogP contribution in [-0.2, 0) is 4.74 Å². The van der Waals surface area contributed by atoms with Crippen molar-refractivity contribution >= 4 is 5.91 Å². The number of carbonyl (C=O) groups is 1. The van der Waals surface area contributed by atoms with E-state index in [0.29, 0.717) is 13.0 Å². The highest BCUT2D eigenvalue weighted by Crippen LogP contribution is 2.12. The minimum Gasteiger partial charge on any atom is -0.361 e. The molecule has 19 heavy (non-hydrogen) atoms. The van der Waals surface area contributed by atoms with Gasteiger partial charge in [0.2, 0.25) is 0 Å². The molecule has 1 aromatic heterocycles. The average Bonchev–Trinajstić information content (AvgIpc) is 2.43. The van der Waals surface area contributed by atoms with E-state index < -0.39 is 5.82 Å². The molecule has 0 bridgehead atoms. The first-order valence-corrected chi connectivity index (χ1v) is 6.20. The summed E-state index contributed by atoms with van der Waals surface area (Å²) in [5, 5.41) is 0. The summed E-state index contributed by atoms with van der Waals surface area (Å²) < 4.78 is 18.1. The summed E-state index contributed by atoms with van der Waals surface area (Å²) in [6.45, 7) is 6.17. The van der Waals surface area contributed by atoms with Crippen molar-refractivity contribution in [2.24, 2.45) is 0 Å². The third-order valence-corrected chi connectivity index (χ3v) is 2.66. The SMILES string of the molecule is C=CCC(OC)N(CCC)C(=O)c1ccc(F)cn1. The quantitative estimate of drug-likeness (QED) is 0.563. The van der Waals surface area contributed by atoms with Crippen LogP contribution in [0.1, 0.15) is 30.3 Å². The Balaban J connectivity index is 2.93. The molecule has 0 radical (unpaired) electrons. The molecule has 1 unspecified atom stereocenters. The summed E-state index contributed by atoms with van der Waals surface area (Å²) in [4.78, 5) is 17.7. The number of hydrogen-bond acceptors (Lipinski definition) is 3. The number of methoxy groups -OCH3 is 1. The van der Waals surface area contributed by atoms with Crippen LogP contribution in [0.15, 0.2) is 31.0 Å². The molecule has 0 aliphatic rings. The Morgan fingerprint density at radius 3 is 2.84 bits per heavy atom. The Morgan fingerprint density at radius 1 is 1.63 bits per heavy atom. The smallest absolute Gasteiger partial charge is 0.274 e. The molecule has 1 rings (SSSR count). The van der Waals surface area contributed by atoms with E-state index in [1.54, 1.807) is 18.1 Å². The van der Waals surface area contributed by atoms with Crippen molar-refractivity contribution in [2.45, 2.75) is 26.0 Å². The van der Waals surface area contributed by atoms with E-state index in [-0.39, 0.29) is 17.8 Å². The number of amides is 1. The number of aromatic nitrogens is 1. The Bertz CT molecular complexity index is 420. The van der Waals surface area contributed by atoms with Crippen LogP contribution < -0.4 is 0 Å². The second-order valence-corrected chi connectivity index (χ2v) is 4.07. The lowest BCUT2D eigenvalue weighted by Crippen LogP contribution is -2.42. The second-order valence-electron chi connectivity index (χ2n) is 4.07. The molecule has 0 fully saturated rings. The topological polar surface area (TPSA) is 42.4 Å². The largest absolute Gasteiger partial charge is 0.361 e. The fourth-order valence-corrected chi connectivity index (χ4v) is 1.76. The number of carbonyl (C=O) groups excluding carboxylic acids is 1. The van der Waals surface area contributed by atoms with Gasteiger partial charge in [0.1, 0.15) is 17.7 Å². The standard InChI is InChI=1S/C14H19FN2O2/c1-4-6-13(19-3)17(9-5-2)14(18)12-8-7-11(15)10-16-12/h4,7-8,10,13H,1,5-6,9H2,2-3H3. The van der Waals surface area contributed by atoms with Crippen LogP contribution in [0.3, 0.4) is 0 Å². The summed E-state index contributed by atoms with van der Waals surface area (Å²) >= 11 is 0. The van der Waals surface area contributed by atoms with Gasteiger partial charge in [-0.1, -0.05) is 13.0 Å². The minimum atomic E-state index is -0.465. The first-order valence-electron chi connectivity index (χ1n) is 6.20. The van der Waals surface area contributed by atoms with Gasteiger partial charge in [0.05, 0.1) is 6.20 Å². The molecule has 1 atom stereocenters. The summed E-state index contributed by atoms with van der Waals surface area (Å²) in [6.07, 6.45) is 3.68. The number of ether oxygens (including phenoxy) is 1. The van der Waals surface area contributed by atoms with Crippen molar-refractivity contribution in [1.82, 2.24) is 9.88 Å². The van der Waals surface area contributed by atoms with Crippen LogP contribution >= 0.6 is 0 Å². The van der Waals surface area contributed by atoms with E-state index in [1.165, 1.54) is 12.1 Å². The molecule has 1 amide bonds. The molecule has 4 nitrogen and oxygen atoms in total. The van der Waals surface area contributed by atoms with Crippen LogP contribution in [-0.4, -0.2) is 35.7 Å². The first-order chi connectivity index (χ1) is 9.13. The molecule has 0 saturated carbocycles. The van der Waals surface area contributed by atoms with E-state index in [9.17, 15) is 9.18 Å². The van der Waals surface area contributed by atoms with Crippen molar-refractivity contribution in [3.8, 4) is 0 Å². The molecule has 1 aromatic rings. The Labute approximate surface area is 112 Å². The molecule has 0 aromatic carbocycles. The van der Waals surface area contributed by atoms with Gasteiger partial charge in [-0.15, -0.1) is 6.58 Å². The summed E-state index contributed by atoms with van der Waals surface area (Å²) in [5.41, 5.74) is 0.209. The molecular weight excluding hydrogens is 247 g/mol. The predicted molar refractivity (Wildman–Crippen MR) is 71.1 cm³/mol. The minimum absolute atomic E-state index is 0.209. The highest BCUT2D eigenvalue weighted by Gasteiger charge is 2.23. The molecule has 1 heterocycles. The van der Waals surface area contributed by atoms with Crippen LogP contribution in [0.2, 0.25) is 0 Å². The van der Waals surface area contributed by atoms with Crippen molar-refractivity contribution < 1.29 is 13.9 Å². The Morgan fingerprint density at radius 2 is 2.37 bits per heavy atom. The highest BCUT2D eigenvalue weighted by molar-refractivity contribution is 5.92. The maximum Gasteiger partial charge on any atom is 0.274 e. The van der Waals surface area contributed by atoms with Gasteiger partial charge < -0.3 is 9.64 Å². The predicted octanol–water partition coefficient (Wildman–Crippen LogP) is 2.62. The van der Waals surface area contributed by atoms with Crippen LogP contribution in [0, 0.1) is 5.82 Å². The molecule has 5 heteroatoms. The number of hydrogen-bond donors (Lipinski definition) is 0. The second kappa shape index (κ2) is 7.63. The van der Waals surface area contributed by atoms with Crippen LogP contribution in [0.25, 0.3) is 0 Å². The molecule has 0 spiro atoms. The lowest BCUT2D eigenvalue weighted by molar-refractivity contribution is -0.0188. The lowest BCUT2D eigenvalue weighted by atomic mass is 10.2. The molecule has 0 N–H and O–H groups in total. The molecule has 0 aliphatic heterocycles. The third-order valence-electron chi connectivity index (χ3n) is 2.66. The zero-order valence-electron chi connectivity index (χ0n) is 11.3. The fraction of sp³-hybridized carbons (Fsp3) is 0.429. The van der Waals surface area contributed by atoms with Crippen molar-refractivity contribution in [2.75, 3.05) is 13.7 Å². The van der Waals surface area contributed by atoms with E-state index in [1.807, 2.05) is 6.92 Å². The third kappa shape index (κ3) is 4.13. The highest BCUT2D eigenvalue weighted by atomic mass is 19.1. The van der Waals surface area contributed by atoms with Gasteiger partial charge in [-0.3, -0.25) is 4.79 Å². The Hall–Kier alpha value is -1.75. The van der Waals surface area contributed by atoms with Crippen molar-refractivity contribution in [1.29, 1.82) is 0 Å². The zero-order valence-corrected chi connectivity index (χ0v) is 11.3. The van der Waals surface area contributed by atoms with Gasteiger partial charge in [0.25, 0.3) is 5.91 Å². The van der Waals surface area contributed by atoms with Crippen molar-refractivity contribution in [3.63, 3.8) is 0 Å². The number of nitrogens with zero attached hydrogens (tertiary/aromatic N) is 2. The van der Waals surface area contributed by atoms with E-state index in [4.69, 9.17) is 4.74 Å². The zero-order chi connectivity index (χ0) is 14.3.